The minimum Gasteiger partial charge on any atom is -0.497 e. The van der Waals surface area contributed by atoms with E-state index in [0.717, 1.165) is 16.9 Å². The minimum atomic E-state index is -0.607. The van der Waals surface area contributed by atoms with Gasteiger partial charge in [-0.1, -0.05) is 42.5 Å². The van der Waals surface area contributed by atoms with Crippen molar-refractivity contribution in [2.75, 3.05) is 20.3 Å². The summed E-state index contributed by atoms with van der Waals surface area (Å²) in [6.45, 7) is 0.312. The second-order valence-electron chi connectivity index (χ2n) is 6.03. The molecule has 1 fully saturated rings. The van der Waals surface area contributed by atoms with Crippen molar-refractivity contribution in [3.05, 3.63) is 65.7 Å². The third-order valence-corrected chi connectivity index (χ3v) is 4.20. The highest BCUT2D eigenvalue weighted by atomic mass is 16.6. The second-order valence-corrected chi connectivity index (χ2v) is 6.03. The van der Waals surface area contributed by atoms with Crippen molar-refractivity contribution in [3.8, 4) is 5.75 Å². The van der Waals surface area contributed by atoms with Gasteiger partial charge in [0, 0.05) is 0 Å². The lowest BCUT2D eigenvalue weighted by Crippen LogP contribution is -2.42. The summed E-state index contributed by atoms with van der Waals surface area (Å²) in [4.78, 5) is 25.5. The molecule has 0 bridgehead atoms. The van der Waals surface area contributed by atoms with E-state index in [1.54, 1.807) is 7.11 Å². The SMILES string of the molecule is COc1ccc(COCC(=O)N2C(=O)OC[C@@H]2Cc2ccccc2)cc1. The number of imide groups is 1. The van der Waals surface area contributed by atoms with Gasteiger partial charge in [0.2, 0.25) is 0 Å². The first kappa shape index (κ1) is 17.9. The average Bonchev–Trinajstić information content (AvgIpc) is 3.03. The van der Waals surface area contributed by atoms with Gasteiger partial charge in [0.1, 0.15) is 19.0 Å². The molecule has 0 radical (unpaired) electrons. The van der Waals surface area contributed by atoms with E-state index in [-0.39, 0.29) is 31.8 Å². The van der Waals surface area contributed by atoms with Crippen molar-refractivity contribution in [2.45, 2.75) is 19.1 Å². The Morgan fingerprint density at radius 1 is 1.12 bits per heavy atom. The smallest absolute Gasteiger partial charge is 0.417 e. The topological polar surface area (TPSA) is 65.1 Å². The molecule has 0 spiro atoms. The Hall–Kier alpha value is -2.86. The maximum Gasteiger partial charge on any atom is 0.417 e. The second kappa shape index (κ2) is 8.49. The third kappa shape index (κ3) is 4.40. The summed E-state index contributed by atoms with van der Waals surface area (Å²) in [6, 6.07) is 16.8. The van der Waals surface area contributed by atoms with Crippen LogP contribution in [0.5, 0.6) is 5.75 Å². The molecule has 1 aliphatic heterocycles. The summed E-state index contributed by atoms with van der Waals surface area (Å²) in [6.07, 6.45) is -0.0412. The normalized spacial score (nSPS) is 16.4. The Labute approximate surface area is 152 Å². The van der Waals surface area contributed by atoms with Crippen molar-refractivity contribution in [3.63, 3.8) is 0 Å². The van der Waals surface area contributed by atoms with Crippen molar-refractivity contribution in [1.82, 2.24) is 4.90 Å². The first-order valence-electron chi connectivity index (χ1n) is 8.41. The van der Waals surface area contributed by atoms with E-state index in [0.29, 0.717) is 6.42 Å². The molecule has 1 heterocycles. The van der Waals surface area contributed by atoms with Crippen LogP contribution >= 0.6 is 0 Å². The molecule has 0 aromatic heterocycles. The van der Waals surface area contributed by atoms with Crippen molar-refractivity contribution in [2.24, 2.45) is 0 Å². The Kier molecular flexibility index (Phi) is 5.86. The van der Waals surface area contributed by atoms with Gasteiger partial charge in [-0.05, 0) is 29.7 Å². The predicted molar refractivity (Wildman–Crippen MR) is 94.8 cm³/mol. The molecule has 6 nitrogen and oxygen atoms in total. The van der Waals surface area contributed by atoms with E-state index in [4.69, 9.17) is 14.2 Å². The van der Waals surface area contributed by atoms with Gasteiger partial charge in [-0.15, -0.1) is 0 Å². The lowest BCUT2D eigenvalue weighted by molar-refractivity contribution is -0.134. The van der Waals surface area contributed by atoms with Gasteiger partial charge in [0.25, 0.3) is 5.91 Å². The highest BCUT2D eigenvalue weighted by molar-refractivity contribution is 5.94. The Balaban J connectivity index is 1.53. The highest BCUT2D eigenvalue weighted by Gasteiger charge is 2.37. The summed E-state index contributed by atoms with van der Waals surface area (Å²) in [5.74, 6) is 0.371. The van der Waals surface area contributed by atoms with E-state index in [9.17, 15) is 9.59 Å². The number of hydrogen-bond acceptors (Lipinski definition) is 5. The van der Waals surface area contributed by atoms with Crippen molar-refractivity contribution >= 4 is 12.0 Å². The van der Waals surface area contributed by atoms with E-state index in [1.807, 2.05) is 54.6 Å². The molecule has 2 aromatic carbocycles. The number of ether oxygens (including phenoxy) is 3. The zero-order valence-electron chi connectivity index (χ0n) is 14.6. The van der Waals surface area contributed by atoms with Gasteiger partial charge >= 0.3 is 6.09 Å². The van der Waals surface area contributed by atoms with Gasteiger partial charge < -0.3 is 14.2 Å². The molecule has 26 heavy (non-hydrogen) atoms. The van der Waals surface area contributed by atoms with E-state index in [1.165, 1.54) is 4.90 Å². The molecule has 0 unspecified atom stereocenters. The number of carbonyl (C=O) groups excluding carboxylic acids is 2. The fourth-order valence-corrected chi connectivity index (χ4v) is 2.85. The molecule has 1 aliphatic rings. The van der Waals surface area contributed by atoms with E-state index < -0.39 is 6.09 Å². The lowest BCUT2D eigenvalue weighted by Gasteiger charge is -2.19. The van der Waals surface area contributed by atoms with Gasteiger partial charge in [0.15, 0.2) is 0 Å². The van der Waals surface area contributed by atoms with Crippen LogP contribution < -0.4 is 4.74 Å². The summed E-state index contributed by atoms with van der Waals surface area (Å²) in [7, 11) is 1.60. The number of methoxy groups -OCH3 is 1. The molecule has 0 N–H and O–H groups in total. The molecular weight excluding hydrogens is 334 g/mol. The number of cyclic esters (lactones) is 1. The number of rotatable bonds is 7. The number of hydrogen-bond donors (Lipinski definition) is 0. The number of benzene rings is 2. The van der Waals surface area contributed by atoms with E-state index in [2.05, 4.69) is 0 Å². The number of amides is 2. The monoisotopic (exact) mass is 355 g/mol. The minimum absolute atomic E-state index is 0.174. The molecule has 136 valence electrons. The summed E-state index contributed by atoms with van der Waals surface area (Å²) in [5.41, 5.74) is 1.97. The molecule has 6 heteroatoms. The van der Waals surface area contributed by atoms with Crippen molar-refractivity contribution < 1.29 is 23.8 Å². The molecule has 2 amide bonds. The lowest BCUT2D eigenvalue weighted by atomic mass is 10.1. The molecule has 1 atom stereocenters. The summed E-state index contributed by atoms with van der Waals surface area (Å²) in [5, 5.41) is 0. The average molecular weight is 355 g/mol. The quantitative estimate of drug-likeness (QED) is 0.764. The Bertz CT molecular complexity index is 745. The molecule has 1 saturated heterocycles. The number of carbonyl (C=O) groups is 2. The van der Waals surface area contributed by atoms with Crippen LogP contribution in [-0.2, 0) is 27.3 Å². The summed E-state index contributed by atoms with van der Waals surface area (Å²) < 4.78 is 15.6. The van der Waals surface area contributed by atoms with Crippen LogP contribution in [0.3, 0.4) is 0 Å². The van der Waals surface area contributed by atoms with Crippen LogP contribution in [0.25, 0.3) is 0 Å². The highest BCUT2D eigenvalue weighted by Crippen LogP contribution is 2.18. The number of nitrogens with zero attached hydrogens (tertiary/aromatic N) is 1. The third-order valence-electron chi connectivity index (χ3n) is 4.20. The van der Waals surface area contributed by atoms with Gasteiger partial charge in [-0.3, -0.25) is 4.79 Å². The maximum absolute atomic E-state index is 12.4. The van der Waals surface area contributed by atoms with Gasteiger partial charge in [-0.25, -0.2) is 9.69 Å². The van der Waals surface area contributed by atoms with Crippen LogP contribution in [0.15, 0.2) is 54.6 Å². The standard InChI is InChI=1S/C20H21NO5/c1-24-18-9-7-16(8-10-18)12-25-14-19(22)21-17(13-26-20(21)23)11-15-5-3-2-4-6-15/h2-10,17H,11-14H2,1H3/t17-/m0/s1. The van der Waals surface area contributed by atoms with Crippen molar-refractivity contribution in [1.29, 1.82) is 0 Å². The molecule has 0 aliphatic carbocycles. The Morgan fingerprint density at radius 3 is 2.54 bits per heavy atom. The predicted octanol–water partition coefficient (Wildman–Crippen LogP) is 2.80. The first-order valence-corrected chi connectivity index (χ1v) is 8.41. The Morgan fingerprint density at radius 2 is 1.85 bits per heavy atom. The van der Waals surface area contributed by atoms with Crippen LogP contribution in [0.1, 0.15) is 11.1 Å². The van der Waals surface area contributed by atoms with Gasteiger partial charge in [-0.2, -0.15) is 0 Å². The molecular formula is C20H21NO5. The van der Waals surface area contributed by atoms with Crippen LogP contribution in [0.4, 0.5) is 4.79 Å². The van der Waals surface area contributed by atoms with Crippen LogP contribution in [0, 0.1) is 0 Å². The van der Waals surface area contributed by atoms with Crippen LogP contribution in [-0.4, -0.2) is 43.3 Å². The zero-order valence-corrected chi connectivity index (χ0v) is 14.6. The largest absolute Gasteiger partial charge is 0.497 e. The fourth-order valence-electron chi connectivity index (χ4n) is 2.85. The van der Waals surface area contributed by atoms with Gasteiger partial charge in [0.05, 0.1) is 19.8 Å². The first-order chi connectivity index (χ1) is 12.7. The molecule has 0 saturated carbocycles. The molecule has 3 rings (SSSR count). The van der Waals surface area contributed by atoms with E-state index >= 15 is 0 Å². The fraction of sp³-hybridized carbons (Fsp3) is 0.300. The maximum atomic E-state index is 12.4. The van der Waals surface area contributed by atoms with Crippen LogP contribution in [0.2, 0.25) is 0 Å². The summed E-state index contributed by atoms with van der Waals surface area (Å²) >= 11 is 0. The molecule has 2 aromatic rings. The zero-order chi connectivity index (χ0) is 18.4.